The number of imide groups is 1. The summed E-state index contributed by atoms with van der Waals surface area (Å²) in [5.74, 6) is -0.656. The highest BCUT2D eigenvalue weighted by Gasteiger charge is 2.51. The van der Waals surface area contributed by atoms with Crippen LogP contribution in [-0.2, 0) is 14.4 Å². The van der Waals surface area contributed by atoms with E-state index in [0.717, 1.165) is 12.8 Å². The van der Waals surface area contributed by atoms with Crippen LogP contribution in [0.15, 0.2) is 18.2 Å². The number of urea groups is 1. The molecule has 1 saturated carbocycles. The van der Waals surface area contributed by atoms with E-state index in [1.54, 1.807) is 18.2 Å². The van der Waals surface area contributed by atoms with Gasteiger partial charge < -0.3 is 16.0 Å². The fourth-order valence-electron chi connectivity index (χ4n) is 3.70. The monoisotopic (exact) mass is 406 g/mol. The normalized spacial score (nSPS) is 17.7. The van der Waals surface area contributed by atoms with E-state index in [-0.39, 0.29) is 36.7 Å². The SMILES string of the molecule is CC(=O)Nc1ccc(NC(=O)CCCN2C(=O)NC3(CCCC3)C2=O)c(Cl)c1. The Hall–Kier alpha value is -2.61. The van der Waals surface area contributed by atoms with Crippen LogP contribution in [0.3, 0.4) is 0 Å². The maximum absolute atomic E-state index is 12.6. The number of carbonyl (C=O) groups excluding carboxylic acids is 4. The highest BCUT2D eigenvalue weighted by molar-refractivity contribution is 6.34. The van der Waals surface area contributed by atoms with Crippen molar-refractivity contribution < 1.29 is 19.2 Å². The van der Waals surface area contributed by atoms with Crippen LogP contribution in [-0.4, -0.2) is 40.7 Å². The zero-order chi connectivity index (χ0) is 20.3. The van der Waals surface area contributed by atoms with Gasteiger partial charge in [-0.2, -0.15) is 0 Å². The number of benzene rings is 1. The van der Waals surface area contributed by atoms with Crippen LogP contribution in [0.4, 0.5) is 16.2 Å². The lowest BCUT2D eigenvalue weighted by Crippen LogP contribution is -2.44. The standard InChI is InChI=1S/C19H23ClN4O4/c1-12(25)21-13-6-7-15(14(20)11-13)22-16(26)5-4-10-24-17(27)19(23-18(24)28)8-2-3-9-19/h6-7,11H,2-5,8-10H2,1H3,(H,21,25)(H,22,26)(H,23,28). The van der Waals surface area contributed by atoms with Crippen molar-refractivity contribution in [3.63, 3.8) is 0 Å². The highest BCUT2D eigenvalue weighted by atomic mass is 35.5. The maximum atomic E-state index is 12.6. The van der Waals surface area contributed by atoms with Crippen molar-refractivity contribution in [2.45, 2.75) is 51.0 Å². The summed E-state index contributed by atoms with van der Waals surface area (Å²) in [5, 5.41) is 8.43. The summed E-state index contributed by atoms with van der Waals surface area (Å²) in [4.78, 5) is 49.1. The molecule has 0 atom stereocenters. The summed E-state index contributed by atoms with van der Waals surface area (Å²) >= 11 is 6.13. The Labute approximate surface area is 168 Å². The van der Waals surface area contributed by atoms with E-state index in [0.29, 0.717) is 35.7 Å². The average Bonchev–Trinajstić information content (AvgIpc) is 3.17. The second-order valence-electron chi connectivity index (χ2n) is 7.20. The van der Waals surface area contributed by atoms with Gasteiger partial charge in [0.1, 0.15) is 5.54 Å². The van der Waals surface area contributed by atoms with Gasteiger partial charge in [-0.05, 0) is 37.5 Å². The van der Waals surface area contributed by atoms with Crippen LogP contribution in [0, 0.1) is 0 Å². The number of nitrogens with zero attached hydrogens (tertiary/aromatic N) is 1. The van der Waals surface area contributed by atoms with Crippen molar-refractivity contribution in [2.75, 3.05) is 17.2 Å². The number of hydrogen-bond acceptors (Lipinski definition) is 4. The Morgan fingerprint density at radius 1 is 1.21 bits per heavy atom. The lowest BCUT2D eigenvalue weighted by molar-refractivity contribution is -0.131. The van der Waals surface area contributed by atoms with Crippen LogP contribution >= 0.6 is 11.6 Å². The van der Waals surface area contributed by atoms with Gasteiger partial charge in [0.2, 0.25) is 11.8 Å². The lowest BCUT2D eigenvalue weighted by Gasteiger charge is -2.19. The molecule has 0 radical (unpaired) electrons. The fraction of sp³-hybridized carbons (Fsp3) is 0.474. The summed E-state index contributed by atoms with van der Waals surface area (Å²) < 4.78 is 0. The molecule has 0 aromatic heterocycles. The Bertz CT molecular complexity index is 820. The number of hydrogen-bond donors (Lipinski definition) is 3. The van der Waals surface area contributed by atoms with Crippen LogP contribution in [0.25, 0.3) is 0 Å². The zero-order valence-corrected chi connectivity index (χ0v) is 16.4. The molecule has 1 aromatic rings. The van der Waals surface area contributed by atoms with Gasteiger partial charge in [0, 0.05) is 25.6 Å². The number of halogens is 1. The molecule has 3 rings (SSSR count). The molecule has 150 valence electrons. The van der Waals surface area contributed by atoms with Gasteiger partial charge in [0.15, 0.2) is 0 Å². The predicted molar refractivity (Wildman–Crippen MR) is 105 cm³/mol. The van der Waals surface area contributed by atoms with Gasteiger partial charge >= 0.3 is 6.03 Å². The summed E-state index contributed by atoms with van der Waals surface area (Å²) in [6, 6.07) is 4.42. The Balaban J connectivity index is 1.49. The Morgan fingerprint density at radius 2 is 1.93 bits per heavy atom. The van der Waals surface area contributed by atoms with Gasteiger partial charge in [-0.3, -0.25) is 19.3 Å². The minimum absolute atomic E-state index is 0.147. The van der Waals surface area contributed by atoms with Crippen molar-refractivity contribution in [1.29, 1.82) is 0 Å². The molecule has 8 nitrogen and oxygen atoms in total. The summed E-state index contributed by atoms with van der Waals surface area (Å²) in [5.41, 5.74) is 0.248. The third-order valence-corrected chi connectivity index (χ3v) is 5.36. The Morgan fingerprint density at radius 3 is 2.57 bits per heavy atom. The maximum Gasteiger partial charge on any atom is 0.325 e. The molecule has 2 aliphatic rings. The second-order valence-corrected chi connectivity index (χ2v) is 7.61. The third kappa shape index (κ3) is 4.27. The van der Waals surface area contributed by atoms with Crippen molar-refractivity contribution >= 4 is 46.7 Å². The predicted octanol–water partition coefficient (Wildman–Crippen LogP) is 2.88. The molecule has 28 heavy (non-hydrogen) atoms. The quantitative estimate of drug-likeness (QED) is 0.631. The number of anilines is 2. The molecule has 2 fully saturated rings. The molecular weight excluding hydrogens is 384 g/mol. The van der Waals surface area contributed by atoms with Gasteiger partial charge in [-0.25, -0.2) is 4.79 Å². The molecule has 1 aliphatic heterocycles. The van der Waals surface area contributed by atoms with Gasteiger partial charge in [-0.1, -0.05) is 24.4 Å². The van der Waals surface area contributed by atoms with Gasteiger partial charge in [0.25, 0.3) is 5.91 Å². The van der Waals surface area contributed by atoms with Crippen LogP contribution in [0.2, 0.25) is 5.02 Å². The molecule has 5 amide bonds. The largest absolute Gasteiger partial charge is 0.326 e. The molecule has 0 unspecified atom stereocenters. The van der Waals surface area contributed by atoms with Crippen molar-refractivity contribution in [3.05, 3.63) is 23.2 Å². The third-order valence-electron chi connectivity index (χ3n) is 5.05. The first-order valence-corrected chi connectivity index (χ1v) is 9.70. The number of amides is 5. The molecule has 1 saturated heterocycles. The summed E-state index contributed by atoms with van der Waals surface area (Å²) in [7, 11) is 0. The Kier molecular flexibility index (Phi) is 5.88. The molecule has 1 spiro atoms. The molecule has 3 N–H and O–H groups in total. The minimum Gasteiger partial charge on any atom is -0.326 e. The van der Waals surface area contributed by atoms with E-state index in [4.69, 9.17) is 11.6 Å². The van der Waals surface area contributed by atoms with Crippen LogP contribution < -0.4 is 16.0 Å². The van der Waals surface area contributed by atoms with E-state index in [2.05, 4.69) is 16.0 Å². The average molecular weight is 407 g/mol. The van der Waals surface area contributed by atoms with Crippen molar-refractivity contribution in [3.8, 4) is 0 Å². The van der Waals surface area contributed by atoms with Crippen molar-refractivity contribution in [1.82, 2.24) is 10.2 Å². The second kappa shape index (κ2) is 8.18. The van der Waals surface area contributed by atoms with Crippen LogP contribution in [0.5, 0.6) is 0 Å². The number of rotatable bonds is 6. The van der Waals surface area contributed by atoms with E-state index in [1.807, 2.05) is 0 Å². The van der Waals surface area contributed by atoms with E-state index in [9.17, 15) is 19.2 Å². The first-order chi connectivity index (χ1) is 13.3. The number of nitrogens with one attached hydrogen (secondary N) is 3. The highest BCUT2D eigenvalue weighted by Crippen LogP contribution is 2.35. The first kappa shape index (κ1) is 20.1. The molecule has 1 aliphatic carbocycles. The summed E-state index contributed by atoms with van der Waals surface area (Å²) in [6.07, 6.45) is 3.74. The topological polar surface area (TPSA) is 108 Å². The van der Waals surface area contributed by atoms with Gasteiger partial charge in [0.05, 0.1) is 10.7 Å². The molecular formula is C19H23ClN4O4. The number of carbonyl (C=O) groups is 4. The summed E-state index contributed by atoms with van der Waals surface area (Å²) in [6.45, 7) is 1.60. The van der Waals surface area contributed by atoms with Gasteiger partial charge in [-0.15, -0.1) is 0 Å². The minimum atomic E-state index is -0.720. The first-order valence-electron chi connectivity index (χ1n) is 9.32. The smallest absolute Gasteiger partial charge is 0.325 e. The van der Waals surface area contributed by atoms with E-state index < -0.39 is 5.54 Å². The van der Waals surface area contributed by atoms with E-state index in [1.165, 1.54) is 11.8 Å². The molecule has 0 bridgehead atoms. The molecule has 1 heterocycles. The zero-order valence-electron chi connectivity index (χ0n) is 15.6. The van der Waals surface area contributed by atoms with Crippen molar-refractivity contribution in [2.24, 2.45) is 0 Å². The molecule has 9 heteroatoms. The molecule has 1 aromatic carbocycles. The van der Waals surface area contributed by atoms with Crippen LogP contribution in [0.1, 0.15) is 45.4 Å². The lowest BCUT2D eigenvalue weighted by atomic mass is 9.98. The van der Waals surface area contributed by atoms with E-state index >= 15 is 0 Å². The fourth-order valence-corrected chi connectivity index (χ4v) is 3.93.